The fourth-order valence-corrected chi connectivity index (χ4v) is 0.879. The summed E-state index contributed by atoms with van der Waals surface area (Å²) < 4.78 is 0. The second-order valence-electron chi connectivity index (χ2n) is 2.17. The molecule has 0 amide bonds. The molecule has 1 rings (SSSR count). The van der Waals surface area contributed by atoms with Gasteiger partial charge in [-0.1, -0.05) is 0 Å². The van der Waals surface area contributed by atoms with Gasteiger partial charge in [0.15, 0.2) is 0 Å². The Morgan fingerprint density at radius 3 is 1.89 bits per heavy atom. The monoisotopic (exact) mass is 242 g/mol. The van der Waals surface area contributed by atoms with Crippen molar-refractivity contribution in [1.29, 1.82) is 0 Å². The third kappa shape index (κ3) is 5.50. The van der Waals surface area contributed by atoms with E-state index in [2.05, 4.69) is 18.4 Å². The molecule has 1 aliphatic heterocycles. The molecule has 0 atom stereocenters. The quantitative estimate of drug-likeness (QED) is 0.461. The SMILES string of the molecule is Br.CN1CC[CH-]CC1.[Zn]. The Balaban J connectivity index is 0. The molecule has 1 nitrogen and oxygen atoms in total. The molecule has 52 valence electrons. The average Bonchev–Trinajstić information content (AvgIpc) is 1.69. The van der Waals surface area contributed by atoms with E-state index in [1.54, 1.807) is 0 Å². The minimum Gasteiger partial charge on any atom is -0.326 e. The van der Waals surface area contributed by atoms with Gasteiger partial charge in [0.25, 0.3) is 0 Å². The molecule has 0 bridgehead atoms. The number of piperidine rings is 1. The standard InChI is InChI=1S/C6H12N.BrH.Zn/c1-7-5-3-2-4-6-7;;/h2H,3-6H2,1H3;1H;/q-1;;. The molecular formula is C6H13BrNZn-. The maximum absolute atomic E-state index is 2.36. The van der Waals surface area contributed by atoms with E-state index in [1.165, 1.54) is 25.9 Å². The number of hydrogen-bond acceptors (Lipinski definition) is 1. The van der Waals surface area contributed by atoms with E-state index in [1.807, 2.05) is 0 Å². The number of nitrogens with zero attached hydrogens (tertiary/aromatic N) is 1. The van der Waals surface area contributed by atoms with E-state index in [9.17, 15) is 0 Å². The Morgan fingerprint density at radius 1 is 1.22 bits per heavy atom. The molecular weight excluding hydrogens is 231 g/mol. The van der Waals surface area contributed by atoms with Crippen molar-refractivity contribution in [2.24, 2.45) is 0 Å². The van der Waals surface area contributed by atoms with Crippen molar-refractivity contribution >= 4 is 17.0 Å². The van der Waals surface area contributed by atoms with Gasteiger partial charge in [-0.2, -0.15) is 12.8 Å². The fourth-order valence-electron chi connectivity index (χ4n) is 0.879. The Labute approximate surface area is 80.7 Å². The predicted molar refractivity (Wildman–Crippen MR) is 41.4 cm³/mol. The minimum atomic E-state index is 0. The number of hydrogen-bond donors (Lipinski definition) is 0. The van der Waals surface area contributed by atoms with Gasteiger partial charge in [-0.15, -0.1) is 17.0 Å². The van der Waals surface area contributed by atoms with E-state index < -0.39 is 0 Å². The van der Waals surface area contributed by atoms with Gasteiger partial charge >= 0.3 is 0 Å². The van der Waals surface area contributed by atoms with E-state index in [4.69, 9.17) is 0 Å². The Hall–Kier alpha value is 1.06. The summed E-state index contributed by atoms with van der Waals surface area (Å²) in [6.45, 7) is 2.53. The van der Waals surface area contributed by atoms with Gasteiger partial charge in [-0.25, -0.2) is 0 Å². The van der Waals surface area contributed by atoms with Gasteiger partial charge in [-0.3, -0.25) is 0 Å². The molecule has 0 N–H and O–H groups in total. The second-order valence-corrected chi connectivity index (χ2v) is 2.17. The van der Waals surface area contributed by atoms with Crippen LogP contribution in [0.25, 0.3) is 0 Å². The minimum absolute atomic E-state index is 0. The molecule has 0 aromatic rings. The first kappa shape index (κ1) is 12.7. The largest absolute Gasteiger partial charge is 0.326 e. The molecule has 0 unspecified atom stereocenters. The van der Waals surface area contributed by atoms with Crippen molar-refractivity contribution in [2.75, 3.05) is 20.1 Å². The first-order valence-electron chi connectivity index (χ1n) is 2.90. The summed E-state index contributed by atoms with van der Waals surface area (Å²) in [6.07, 6.45) is 4.94. The Kier molecular flexibility index (Phi) is 10.1. The van der Waals surface area contributed by atoms with Crippen molar-refractivity contribution in [2.45, 2.75) is 12.8 Å². The number of rotatable bonds is 0. The Bertz CT molecular complexity index is 55.0. The van der Waals surface area contributed by atoms with Crippen LogP contribution in [0.3, 0.4) is 0 Å². The van der Waals surface area contributed by atoms with E-state index in [0.717, 1.165) is 0 Å². The molecule has 0 saturated carbocycles. The summed E-state index contributed by atoms with van der Waals surface area (Å²) in [5, 5.41) is 0. The molecule has 0 aromatic heterocycles. The van der Waals surface area contributed by atoms with Gasteiger partial charge in [0.05, 0.1) is 0 Å². The summed E-state index contributed by atoms with van der Waals surface area (Å²) in [5.74, 6) is 0. The summed E-state index contributed by atoms with van der Waals surface area (Å²) in [7, 11) is 2.17. The molecule has 1 aliphatic rings. The maximum Gasteiger partial charge on any atom is 0 e. The second kappa shape index (κ2) is 7.17. The van der Waals surface area contributed by atoms with Gasteiger partial charge in [-0.05, 0) is 20.1 Å². The third-order valence-corrected chi connectivity index (χ3v) is 1.43. The molecule has 9 heavy (non-hydrogen) atoms. The van der Waals surface area contributed by atoms with Crippen LogP contribution in [0.15, 0.2) is 0 Å². The average molecular weight is 244 g/mol. The summed E-state index contributed by atoms with van der Waals surface area (Å²) in [5.41, 5.74) is 0. The first-order valence-corrected chi connectivity index (χ1v) is 2.90. The van der Waals surface area contributed by atoms with Crippen LogP contribution in [0.1, 0.15) is 12.8 Å². The Morgan fingerprint density at radius 2 is 1.67 bits per heavy atom. The van der Waals surface area contributed by atoms with Gasteiger partial charge < -0.3 is 11.3 Å². The zero-order valence-electron chi connectivity index (χ0n) is 5.97. The van der Waals surface area contributed by atoms with Crippen LogP contribution < -0.4 is 0 Å². The van der Waals surface area contributed by atoms with Crippen LogP contribution in [0.2, 0.25) is 0 Å². The molecule has 1 saturated heterocycles. The molecule has 0 aliphatic carbocycles. The fraction of sp³-hybridized carbons (Fsp3) is 0.833. The number of halogens is 1. The van der Waals surface area contributed by atoms with Gasteiger partial charge in [0.1, 0.15) is 0 Å². The smallest absolute Gasteiger partial charge is 0 e. The van der Waals surface area contributed by atoms with Crippen molar-refractivity contribution < 1.29 is 19.5 Å². The zero-order chi connectivity index (χ0) is 5.11. The topological polar surface area (TPSA) is 3.24 Å². The van der Waals surface area contributed by atoms with Crippen LogP contribution in [0, 0.1) is 6.42 Å². The van der Waals surface area contributed by atoms with Gasteiger partial charge in [0.2, 0.25) is 0 Å². The first-order chi connectivity index (χ1) is 3.39. The van der Waals surface area contributed by atoms with Crippen molar-refractivity contribution in [3.05, 3.63) is 6.42 Å². The normalized spacial score (nSPS) is 19.7. The number of likely N-dealkylation sites (tertiary alicyclic amines) is 1. The molecule has 1 heterocycles. The van der Waals surface area contributed by atoms with E-state index in [-0.39, 0.29) is 36.5 Å². The summed E-state index contributed by atoms with van der Waals surface area (Å²) in [4.78, 5) is 2.36. The van der Waals surface area contributed by atoms with Crippen molar-refractivity contribution in [3.63, 3.8) is 0 Å². The van der Waals surface area contributed by atoms with Crippen molar-refractivity contribution in [3.8, 4) is 0 Å². The molecule has 1 fully saturated rings. The maximum atomic E-state index is 2.36. The van der Waals surface area contributed by atoms with Crippen LogP contribution >= 0.6 is 17.0 Å². The van der Waals surface area contributed by atoms with Crippen LogP contribution in [0.5, 0.6) is 0 Å². The van der Waals surface area contributed by atoms with E-state index in [0.29, 0.717) is 0 Å². The van der Waals surface area contributed by atoms with Gasteiger partial charge in [0, 0.05) is 19.5 Å². The molecule has 0 aromatic carbocycles. The van der Waals surface area contributed by atoms with Crippen LogP contribution in [-0.4, -0.2) is 25.0 Å². The van der Waals surface area contributed by atoms with Crippen LogP contribution in [0.4, 0.5) is 0 Å². The summed E-state index contributed by atoms with van der Waals surface area (Å²) in [6, 6.07) is 0. The molecule has 3 heteroatoms. The third-order valence-electron chi connectivity index (χ3n) is 1.43. The van der Waals surface area contributed by atoms with E-state index >= 15 is 0 Å². The zero-order valence-corrected chi connectivity index (χ0v) is 10.6. The molecule has 0 spiro atoms. The molecule has 0 radical (unpaired) electrons. The van der Waals surface area contributed by atoms with Crippen LogP contribution in [-0.2, 0) is 19.5 Å². The summed E-state index contributed by atoms with van der Waals surface area (Å²) >= 11 is 0. The van der Waals surface area contributed by atoms with Crippen molar-refractivity contribution in [1.82, 2.24) is 4.90 Å². The predicted octanol–water partition coefficient (Wildman–Crippen LogP) is 1.49.